The van der Waals surface area contributed by atoms with Crippen molar-refractivity contribution >= 4 is 46.0 Å². The Balaban J connectivity index is 1.44. The number of nitrogens with zero attached hydrogens (tertiary/aromatic N) is 2. The SMILES string of the molecule is C[C@]12/C=C\CCCCOC(=O)[C@H]1[C@H]1C(=O)N(CCCCCO)C3C(=O)N(c4ccc5ccccc5c4)CC=C[C@@]31S2. The van der Waals surface area contributed by atoms with Crippen molar-refractivity contribution in [2.24, 2.45) is 11.8 Å². The van der Waals surface area contributed by atoms with Gasteiger partial charge in [-0.05, 0) is 68.4 Å². The van der Waals surface area contributed by atoms with Crippen LogP contribution in [0.1, 0.15) is 45.4 Å². The highest BCUT2D eigenvalue weighted by Crippen LogP contribution is 2.65. The molecular weight excluding hydrogens is 536 g/mol. The molecule has 1 N–H and O–H groups in total. The highest BCUT2D eigenvalue weighted by atomic mass is 32.2. The van der Waals surface area contributed by atoms with Crippen LogP contribution in [0.2, 0.25) is 0 Å². The number of amides is 2. The standard InChI is InChI=1S/C33H38N2O5S/c1-32-16-7-2-3-10-21-40-31(39)27(32)26-29(37)35(18-8-4-9-20-36)28-30(38)34(19-11-17-33(26,28)41-32)25-15-14-23-12-5-6-13-24(23)22-25/h5-7,11-17,22,26-28,36H,2-4,8-10,18-21H2,1H3/b16-7-/t26-,27+,28?,32-,33-/m0/s1. The summed E-state index contributed by atoms with van der Waals surface area (Å²) in [5, 5.41) is 11.5. The number of hydrogen-bond donors (Lipinski definition) is 1. The Morgan fingerprint density at radius 2 is 1.78 bits per heavy atom. The Morgan fingerprint density at radius 1 is 0.951 bits per heavy atom. The number of rotatable bonds is 6. The number of anilines is 1. The predicted molar refractivity (Wildman–Crippen MR) is 162 cm³/mol. The van der Waals surface area contributed by atoms with Gasteiger partial charge in [0.1, 0.15) is 6.04 Å². The minimum absolute atomic E-state index is 0.0931. The Kier molecular flexibility index (Phi) is 7.72. The Hall–Kier alpha value is -3.10. The van der Waals surface area contributed by atoms with Gasteiger partial charge in [-0.25, -0.2) is 0 Å². The number of esters is 1. The van der Waals surface area contributed by atoms with E-state index in [0.717, 1.165) is 42.1 Å². The van der Waals surface area contributed by atoms with E-state index in [0.29, 0.717) is 32.5 Å². The maximum atomic E-state index is 14.7. The van der Waals surface area contributed by atoms with Gasteiger partial charge in [-0.15, -0.1) is 11.8 Å². The lowest BCUT2D eigenvalue weighted by molar-refractivity contribution is -0.154. The van der Waals surface area contributed by atoms with Crippen LogP contribution in [-0.4, -0.2) is 69.6 Å². The normalized spacial score (nSPS) is 32.3. The van der Waals surface area contributed by atoms with Crippen molar-refractivity contribution in [1.29, 1.82) is 0 Å². The van der Waals surface area contributed by atoms with Crippen molar-refractivity contribution in [1.82, 2.24) is 4.90 Å². The maximum absolute atomic E-state index is 14.7. The molecule has 41 heavy (non-hydrogen) atoms. The van der Waals surface area contributed by atoms with Crippen molar-refractivity contribution in [3.8, 4) is 0 Å². The second-order valence-electron chi connectivity index (χ2n) is 11.8. The smallest absolute Gasteiger partial charge is 0.311 e. The second kappa shape index (κ2) is 11.3. The molecule has 0 saturated carbocycles. The zero-order valence-corrected chi connectivity index (χ0v) is 24.4. The fraction of sp³-hybridized carbons (Fsp3) is 0.485. The molecule has 0 radical (unpaired) electrons. The summed E-state index contributed by atoms with van der Waals surface area (Å²) in [6, 6.07) is 13.3. The molecule has 0 bridgehead atoms. The van der Waals surface area contributed by atoms with Crippen LogP contribution in [-0.2, 0) is 19.1 Å². The predicted octanol–water partition coefficient (Wildman–Crippen LogP) is 4.88. The summed E-state index contributed by atoms with van der Waals surface area (Å²) in [6.07, 6.45) is 13.0. The van der Waals surface area contributed by atoms with Crippen LogP contribution in [0, 0.1) is 11.8 Å². The number of aliphatic hydroxyl groups excluding tert-OH is 1. The third-order valence-corrected chi connectivity index (χ3v) is 10.9. The topological polar surface area (TPSA) is 87.1 Å². The Bertz CT molecular complexity index is 1410. The molecule has 2 fully saturated rings. The van der Waals surface area contributed by atoms with Crippen LogP contribution in [0.3, 0.4) is 0 Å². The molecular formula is C33H38N2O5S. The molecule has 6 rings (SSSR count). The first kappa shape index (κ1) is 28.0. The first-order valence-electron chi connectivity index (χ1n) is 14.8. The van der Waals surface area contributed by atoms with Crippen molar-refractivity contribution in [2.75, 3.05) is 31.2 Å². The van der Waals surface area contributed by atoms with E-state index >= 15 is 0 Å². The van der Waals surface area contributed by atoms with Gasteiger partial charge >= 0.3 is 5.97 Å². The highest BCUT2D eigenvalue weighted by Gasteiger charge is 2.73. The molecule has 5 atom stereocenters. The summed E-state index contributed by atoms with van der Waals surface area (Å²) in [5.41, 5.74) is 0.791. The molecule has 4 heterocycles. The zero-order chi connectivity index (χ0) is 28.6. The van der Waals surface area contributed by atoms with Crippen molar-refractivity contribution < 1.29 is 24.2 Å². The van der Waals surface area contributed by atoms with Gasteiger partial charge in [0.15, 0.2) is 0 Å². The summed E-state index contributed by atoms with van der Waals surface area (Å²) in [4.78, 5) is 46.3. The third kappa shape index (κ3) is 4.79. The van der Waals surface area contributed by atoms with E-state index in [1.807, 2.05) is 55.5 Å². The highest BCUT2D eigenvalue weighted by molar-refractivity contribution is 8.02. The van der Waals surface area contributed by atoms with E-state index in [-0.39, 0.29) is 24.4 Å². The summed E-state index contributed by atoms with van der Waals surface area (Å²) in [6.45, 7) is 3.25. The molecule has 216 valence electrons. The number of fused-ring (bicyclic) bond motifs is 3. The van der Waals surface area contributed by atoms with Gasteiger partial charge in [0.2, 0.25) is 5.91 Å². The first-order valence-corrected chi connectivity index (χ1v) is 15.6. The first-order chi connectivity index (χ1) is 19.9. The van der Waals surface area contributed by atoms with Gasteiger partial charge in [-0.1, -0.05) is 54.6 Å². The number of hydrogen-bond acceptors (Lipinski definition) is 6. The fourth-order valence-electron chi connectivity index (χ4n) is 7.18. The molecule has 8 heteroatoms. The monoisotopic (exact) mass is 574 g/mol. The van der Waals surface area contributed by atoms with Crippen molar-refractivity contribution in [2.45, 2.75) is 61.0 Å². The molecule has 4 aliphatic rings. The van der Waals surface area contributed by atoms with Crippen molar-refractivity contribution in [3.05, 3.63) is 66.8 Å². The summed E-state index contributed by atoms with van der Waals surface area (Å²) >= 11 is 1.58. The number of aliphatic hydroxyl groups is 1. The number of carbonyl (C=O) groups is 3. The van der Waals surface area contributed by atoms with Gasteiger partial charge in [0.25, 0.3) is 5.91 Å². The molecule has 7 nitrogen and oxygen atoms in total. The largest absolute Gasteiger partial charge is 0.465 e. The van der Waals surface area contributed by atoms with Crippen LogP contribution < -0.4 is 4.90 Å². The number of thioether (sulfide) groups is 1. The molecule has 0 aromatic heterocycles. The van der Waals surface area contributed by atoms with E-state index in [4.69, 9.17) is 4.74 Å². The lowest BCUT2D eigenvalue weighted by Crippen LogP contribution is -2.53. The molecule has 2 amide bonds. The Labute approximate surface area is 245 Å². The average molecular weight is 575 g/mol. The van der Waals surface area contributed by atoms with E-state index < -0.39 is 27.4 Å². The third-order valence-electron chi connectivity index (χ3n) is 9.10. The van der Waals surface area contributed by atoms with Gasteiger partial charge in [0, 0.05) is 30.1 Å². The van der Waals surface area contributed by atoms with Crippen molar-refractivity contribution in [3.63, 3.8) is 0 Å². The average Bonchev–Trinajstić information content (AvgIpc) is 3.29. The maximum Gasteiger partial charge on any atom is 0.311 e. The lowest BCUT2D eigenvalue weighted by atomic mass is 9.74. The molecule has 2 aromatic carbocycles. The number of ether oxygens (including phenoxy) is 1. The number of benzene rings is 2. The molecule has 0 aliphatic carbocycles. The number of cyclic esters (lactones) is 1. The number of allylic oxidation sites excluding steroid dienone is 1. The van der Waals surface area contributed by atoms with Crippen LogP contribution in [0.25, 0.3) is 10.8 Å². The molecule has 4 aliphatic heterocycles. The van der Waals surface area contributed by atoms with E-state index in [9.17, 15) is 19.5 Å². The molecule has 1 spiro atoms. The minimum Gasteiger partial charge on any atom is -0.465 e. The van der Waals surface area contributed by atoms with Crippen LogP contribution >= 0.6 is 11.8 Å². The van der Waals surface area contributed by atoms with E-state index in [2.05, 4.69) is 18.2 Å². The van der Waals surface area contributed by atoms with E-state index in [1.165, 1.54) is 0 Å². The Morgan fingerprint density at radius 3 is 2.61 bits per heavy atom. The molecule has 2 aromatic rings. The van der Waals surface area contributed by atoms with Gasteiger partial charge in [-0.3, -0.25) is 14.4 Å². The quantitative estimate of drug-likeness (QED) is 0.301. The second-order valence-corrected chi connectivity index (χ2v) is 13.6. The molecule has 2 saturated heterocycles. The zero-order valence-electron chi connectivity index (χ0n) is 23.5. The number of likely N-dealkylation sites (tertiary alicyclic amines) is 1. The fourth-order valence-corrected chi connectivity index (χ4v) is 9.34. The van der Waals surface area contributed by atoms with Gasteiger partial charge < -0.3 is 19.6 Å². The summed E-state index contributed by atoms with van der Waals surface area (Å²) < 4.78 is 4.19. The lowest BCUT2D eigenvalue weighted by Gasteiger charge is -2.37. The summed E-state index contributed by atoms with van der Waals surface area (Å²) in [7, 11) is 0. The number of carbonyl (C=O) groups excluding carboxylic acids is 3. The van der Waals surface area contributed by atoms with Crippen LogP contribution in [0.4, 0.5) is 5.69 Å². The van der Waals surface area contributed by atoms with Gasteiger partial charge in [-0.2, -0.15) is 0 Å². The molecule has 1 unspecified atom stereocenters. The minimum atomic E-state index is -0.895. The number of unbranched alkanes of at least 4 members (excludes halogenated alkanes) is 2. The van der Waals surface area contributed by atoms with Crippen LogP contribution in [0.5, 0.6) is 0 Å². The van der Waals surface area contributed by atoms with E-state index in [1.54, 1.807) is 21.6 Å². The van der Waals surface area contributed by atoms with Gasteiger partial charge in [0.05, 0.1) is 23.2 Å². The van der Waals surface area contributed by atoms with Crippen LogP contribution in [0.15, 0.2) is 66.8 Å². The summed E-state index contributed by atoms with van der Waals surface area (Å²) in [5.74, 6) is -2.02.